The van der Waals surface area contributed by atoms with Gasteiger partial charge in [-0.3, -0.25) is 0 Å². The number of hydrogen-bond acceptors (Lipinski definition) is 0. The zero-order valence-corrected chi connectivity index (χ0v) is 12.8. The van der Waals surface area contributed by atoms with Gasteiger partial charge in [-0.05, 0) is 11.6 Å². The largest absolute Gasteiger partial charge is 0.359 e. The Morgan fingerprint density at radius 3 is 1.79 bits per heavy atom. The van der Waals surface area contributed by atoms with Crippen LogP contribution in [0.15, 0.2) is 30.3 Å². The third kappa shape index (κ3) is 3.60. The van der Waals surface area contributed by atoms with E-state index in [9.17, 15) is 0 Å². The lowest BCUT2D eigenvalue weighted by molar-refractivity contribution is 1.39. The van der Waals surface area contributed by atoms with Crippen molar-refractivity contribution in [1.82, 2.24) is 0 Å². The fraction of sp³-hybridized carbons (Fsp3) is 0.143. The molecule has 0 aliphatic rings. The lowest BCUT2D eigenvalue weighted by atomic mass is 10.2. The molecule has 0 aliphatic carbocycles. The van der Waals surface area contributed by atoms with Gasteiger partial charge in [0.2, 0.25) is 0 Å². The van der Waals surface area contributed by atoms with E-state index in [1.54, 1.807) is 0 Å². The van der Waals surface area contributed by atoms with Gasteiger partial charge < -0.3 is 0 Å². The molecule has 7 heteroatoms. The number of halogens is 5. The Balaban J connectivity index is 2.79. The molecule has 0 nitrogen and oxygen atoms in total. The first-order valence-electron chi connectivity index (χ1n) is 3.81. The summed E-state index contributed by atoms with van der Waals surface area (Å²) in [4.78, 5) is 0. The highest BCUT2D eigenvalue weighted by molar-refractivity contribution is 8.02. The van der Waals surface area contributed by atoms with Crippen molar-refractivity contribution in [2.24, 2.45) is 0 Å². The van der Waals surface area contributed by atoms with Crippen LogP contribution < -0.4 is 0 Å². The number of hydrogen-bond donors (Lipinski definition) is 0. The summed E-state index contributed by atoms with van der Waals surface area (Å²) in [6.45, 7) is 0. The van der Waals surface area contributed by atoms with Crippen LogP contribution >= 0.6 is 55.4 Å². The first-order chi connectivity index (χ1) is 6.33. The van der Waals surface area contributed by atoms with Gasteiger partial charge in [0.1, 0.15) is 0 Å². The van der Waals surface area contributed by atoms with Crippen molar-refractivity contribution in [3.8, 4) is 0 Å². The second-order valence-electron chi connectivity index (χ2n) is 2.86. The van der Waals surface area contributed by atoms with E-state index < -0.39 is 11.7 Å². The molecule has 0 heterocycles. The van der Waals surface area contributed by atoms with E-state index in [0.717, 1.165) is 5.56 Å². The molecule has 14 heavy (non-hydrogen) atoms. The van der Waals surface area contributed by atoms with Crippen molar-refractivity contribution in [2.45, 2.75) is 6.04 Å². The van der Waals surface area contributed by atoms with E-state index in [0.29, 0.717) is 6.04 Å². The molecule has 0 atom stereocenters. The van der Waals surface area contributed by atoms with Crippen molar-refractivity contribution < 1.29 is 0 Å². The molecule has 0 bridgehead atoms. The number of rotatable bonds is 3. The van der Waals surface area contributed by atoms with Gasteiger partial charge in [0.25, 0.3) is 6.21 Å². The predicted octanol–water partition coefficient (Wildman–Crippen LogP) is 4.42. The molecule has 1 aromatic carbocycles. The minimum atomic E-state index is -2.98. The van der Waals surface area contributed by atoms with Crippen molar-refractivity contribution in [1.29, 1.82) is 0 Å². The summed E-state index contributed by atoms with van der Waals surface area (Å²) in [5, 5.41) is 0. The molecule has 0 aliphatic heterocycles. The van der Waals surface area contributed by atoms with E-state index in [4.69, 9.17) is 55.4 Å². The molecule has 0 fully saturated rings. The summed E-state index contributed by atoms with van der Waals surface area (Å²) in [5.41, 5.74) is -1.96. The summed E-state index contributed by atoms with van der Waals surface area (Å²) < 4.78 is 0. The van der Waals surface area contributed by atoms with Gasteiger partial charge in [-0.25, -0.2) is 0 Å². The fourth-order valence-electron chi connectivity index (χ4n) is 0.952. The van der Waals surface area contributed by atoms with Crippen LogP contribution in [-0.2, 0) is 6.04 Å². The smallest absolute Gasteiger partial charge is 0.145 e. The summed E-state index contributed by atoms with van der Waals surface area (Å²) in [7, 11) is 0. The van der Waals surface area contributed by atoms with Crippen LogP contribution in [0, 0.1) is 0 Å². The lowest BCUT2D eigenvalue weighted by Crippen LogP contribution is -2.45. The maximum Gasteiger partial charge on any atom is 0.359 e. The van der Waals surface area contributed by atoms with Crippen LogP contribution in [0.25, 0.3) is 0 Å². The van der Waals surface area contributed by atoms with Gasteiger partial charge in [-0.15, -0.1) is 55.4 Å². The van der Waals surface area contributed by atoms with Crippen LogP contribution in [-0.4, -0.2) is 11.7 Å². The highest BCUT2D eigenvalue weighted by atomic mass is 35.9. The molecule has 0 spiro atoms. The minimum Gasteiger partial charge on any atom is -0.145 e. The molecular formula is C7H7Cl5Si2. The topological polar surface area (TPSA) is 0 Å². The Hall–Kier alpha value is 1.10. The van der Waals surface area contributed by atoms with Crippen LogP contribution in [0.4, 0.5) is 0 Å². The normalized spacial score (nSPS) is 12.9. The second-order valence-corrected chi connectivity index (χ2v) is 26.5. The Bertz CT molecular complexity index is 295. The minimum absolute atomic E-state index is 0.486. The summed E-state index contributed by atoms with van der Waals surface area (Å²) in [5.74, 6) is 0. The van der Waals surface area contributed by atoms with E-state index >= 15 is 0 Å². The average molecular weight is 325 g/mol. The standard InChI is InChI=1S/C7H7Cl5Si2/c8-13(9,14(10,11)12)6-7-4-2-1-3-5-7/h1-5H,6H2. The third-order valence-corrected chi connectivity index (χ3v) is 26.2. The van der Waals surface area contributed by atoms with E-state index in [-0.39, 0.29) is 0 Å². The summed E-state index contributed by atoms with van der Waals surface area (Å²) in [6, 6.07) is 10.1. The molecule has 0 unspecified atom stereocenters. The second kappa shape index (κ2) is 4.96. The zero-order valence-electron chi connectivity index (χ0n) is 6.98. The quantitative estimate of drug-likeness (QED) is 0.570. The van der Waals surface area contributed by atoms with E-state index in [1.165, 1.54) is 0 Å². The van der Waals surface area contributed by atoms with Gasteiger partial charge >= 0.3 is 5.52 Å². The highest BCUT2D eigenvalue weighted by Gasteiger charge is 2.52. The van der Waals surface area contributed by atoms with E-state index in [1.807, 2.05) is 30.3 Å². The molecule has 0 aromatic heterocycles. The van der Waals surface area contributed by atoms with Crippen LogP contribution in [0.2, 0.25) is 0 Å². The first-order valence-corrected chi connectivity index (χ1v) is 14.1. The van der Waals surface area contributed by atoms with Gasteiger partial charge in [-0.1, -0.05) is 30.3 Å². The molecule has 1 rings (SSSR count). The molecule has 0 saturated carbocycles. The number of benzene rings is 1. The molecule has 78 valence electrons. The van der Waals surface area contributed by atoms with E-state index in [2.05, 4.69) is 0 Å². The zero-order chi connectivity index (χ0) is 10.8. The lowest BCUT2D eigenvalue weighted by Gasteiger charge is -2.22. The van der Waals surface area contributed by atoms with Crippen molar-refractivity contribution >= 4 is 67.1 Å². The maximum atomic E-state index is 6.12. The van der Waals surface area contributed by atoms with Gasteiger partial charge in [0.15, 0.2) is 0 Å². The monoisotopic (exact) mass is 322 g/mol. The highest BCUT2D eigenvalue weighted by Crippen LogP contribution is 2.39. The molecule has 0 N–H and O–H groups in total. The maximum absolute atomic E-state index is 6.12. The van der Waals surface area contributed by atoms with Crippen molar-refractivity contribution in [3.63, 3.8) is 0 Å². The summed E-state index contributed by atoms with van der Waals surface area (Å²) in [6.07, 6.45) is -2.77. The van der Waals surface area contributed by atoms with Gasteiger partial charge in [0.05, 0.1) is 0 Å². The Morgan fingerprint density at radius 1 is 0.857 bits per heavy atom. The van der Waals surface area contributed by atoms with Crippen molar-refractivity contribution in [2.75, 3.05) is 0 Å². The SMILES string of the molecule is Cl[Si](Cl)(Cl)[Si](Cl)(Cl)Cc1ccccc1. The Morgan fingerprint density at radius 2 is 1.36 bits per heavy atom. The molecular weight excluding hydrogens is 318 g/mol. The van der Waals surface area contributed by atoms with Crippen LogP contribution in [0.3, 0.4) is 0 Å². The molecule has 0 amide bonds. The first kappa shape index (κ1) is 13.2. The van der Waals surface area contributed by atoms with Crippen molar-refractivity contribution in [3.05, 3.63) is 35.9 Å². The summed E-state index contributed by atoms with van der Waals surface area (Å²) >= 11 is 29.8. The van der Waals surface area contributed by atoms with Crippen LogP contribution in [0.5, 0.6) is 0 Å². The molecule has 0 radical (unpaired) electrons. The average Bonchev–Trinajstić information content (AvgIpc) is 2.03. The van der Waals surface area contributed by atoms with Gasteiger partial charge in [-0.2, -0.15) is 0 Å². The fourth-order valence-corrected chi connectivity index (χ4v) is 5.84. The molecule has 0 saturated heterocycles. The molecule has 1 aromatic rings. The van der Waals surface area contributed by atoms with Crippen LogP contribution in [0.1, 0.15) is 5.56 Å². The Kier molecular flexibility index (Phi) is 4.66. The predicted molar refractivity (Wildman–Crippen MR) is 70.9 cm³/mol. The Labute approximate surface area is 108 Å². The van der Waals surface area contributed by atoms with Gasteiger partial charge in [0, 0.05) is 0 Å². The third-order valence-electron chi connectivity index (χ3n) is 1.68.